The molecule has 3 rings (SSSR count). The van der Waals surface area contributed by atoms with Crippen LogP contribution in [0.4, 0.5) is 10.2 Å². The average Bonchev–Trinajstić information content (AvgIpc) is 2.72. The first-order chi connectivity index (χ1) is 10.8. The molecule has 1 N–H and O–H groups in total. The first-order valence-corrected chi connectivity index (χ1v) is 7.63. The molecule has 1 aromatic carbocycles. The van der Waals surface area contributed by atoms with Crippen molar-refractivity contribution in [3.05, 3.63) is 46.3 Å². The quantitative estimate of drug-likeness (QED) is 0.937. The highest BCUT2D eigenvalue weighted by molar-refractivity contribution is 6.30. The zero-order valence-electron chi connectivity index (χ0n) is 13.2. The van der Waals surface area contributed by atoms with Crippen molar-refractivity contribution in [2.24, 2.45) is 0 Å². The van der Waals surface area contributed by atoms with Gasteiger partial charge >= 0.3 is 0 Å². The van der Waals surface area contributed by atoms with Crippen molar-refractivity contribution >= 4 is 17.4 Å². The number of halogens is 2. The van der Waals surface area contributed by atoms with Crippen molar-refractivity contribution in [3.63, 3.8) is 0 Å². The number of benzene rings is 1. The summed E-state index contributed by atoms with van der Waals surface area (Å²) < 4.78 is 20.9. The number of hydrogen-bond acceptors (Lipinski definition) is 4. The van der Waals surface area contributed by atoms with Crippen molar-refractivity contribution in [3.8, 4) is 5.88 Å². The third kappa shape index (κ3) is 2.91. The molecule has 23 heavy (non-hydrogen) atoms. The Morgan fingerprint density at radius 1 is 1.39 bits per heavy atom. The lowest BCUT2D eigenvalue weighted by molar-refractivity contribution is 0.290. The summed E-state index contributed by atoms with van der Waals surface area (Å²) in [5.41, 5.74) is 0.724. The van der Waals surface area contributed by atoms with Crippen LogP contribution in [0.15, 0.2) is 24.3 Å². The summed E-state index contributed by atoms with van der Waals surface area (Å²) in [6, 6.07) is 6.33. The fraction of sp³-hybridized carbons (Fsp3) is 0.375. The van der Waals surface area contributed by atoms with Gasteiger partial charge in [0.15, 0.2) is 0 Å². The molecule has 0 aliphatic carbocycles. The summed E-state index contributed by atoms with van der Waals surface area (Å²) in [4.78, 5) is 6.26. The molecule has 0 amide bonds. The molecule has 0 saturated heterocycles. The van der Waals surface area contributed by atoms with Gasteiger partial charge in [-0.1, -0.05) is 17.7 Å². The number of aromatic nitrogens is 2. The summed E-state index contributed by atoms with van der Waals surface area (Å²) in [5.74, 6) is 0.751. The van der Waals surface area contributed by atoms with Crippen LogP contribution >= 0.6 is 11.6 Å². The summed E-state index contributed by atoms with van der Waals surface area (Å²) in [5, 5.41) is 8.15. The van der Waals surface area contributed by atoms with Gasteiger partial charge in [0.25, 0.3) is 0 Å². The molecule has 1 aliphatic rings. The Morgan fingerprint density at radius 3 is 2.83 bits per heavy atom. The van der Waals surface area contributed by atoms with Crippen LogP contribution in [0.1, 0.15) is 19.4 Å². The lowest BCUT2D eigenvalue weighted by Crippen LogP contribution is -2.38. The van der Waals surface area contributed by atoms with Gasteiger partial charge in [-0.3, -0.25) is 9.98 Å². The predicted molar refractivity (Wildman–Crippen MR) is 86.3 cm³/mol. The number of ether oxygens (including phenoxy) is 1. The number of hydrogen-bond donors (Lipinski definition) is 1. The SMILES string of the molecule is CN1c2cc(OCc3ccc(Cl)c(F)c3)nc(=N)n2CC1(C)C. The highest BCUT2D eigenvalue weighted by Crippen LogP contribution is 2.31. The zero-order chi connectivity index (χ0) is 16.8. The Kier molecular flexibility index (Phi) is 3.80. The topological polar surface area (TPSA) is 54.1 Å². The Balaban J connectivity index is 1.83. The fourth-order valence-electron chi connectivity index (χ4n) is 2.59. The van der Waals surface area contributed by atoms with E-state index in [0.717, 1.165) is 5.82 Å². The van der Waals surface area contributed by atoms with Crippen LogP contribution in [0.2, 0.25) is 5.02 Å². The number of fused-ring (bicyclic) bond motifs is 1. The molecule has 1 aromatic heterocycles. The monoisotopic (exact) mass is 336 g/mol. The molecule has 0 unspecified atom stereocenters. The van der Waals surface area contributed by atoms with E-state index in [4.69, 9.17) is 21.7 Å². The second kappa shape index (κ2) is 5.53. The zero-order valence-corrected chi connectivity index (χ0v) is 14.0. The van der Waals surface area contributed by atoms with Crippen LogP contribution < -0.4 is 15.3 Å². The van der Waals surface area contributed by atoms with E-state index < -0.39 is 5.82 Å². The minimum absolute atomic E-state index is 0.0809. The molecule has 5 nitrogen and oxygen atoms in total. The predicted octanol–water partition coefficient (Wildman–Crippen LogP) is 2.96. The highest BCUT2D eigenvalue weighted by atomic mass is 35.5. The van der Waals surface area contributed by atoms with Crippen LogP contribution in [-0.2, 0) is 13.2 Å². The van der Waals surface area contributed by atoms with Gasteiger partial charge in [-0.2, -0.15) is 4.98 Å². The molecule has 122 valence electrons. The second-order valence-corrected chi connectivity index (χ2v) is 6.68. The van der Waals surface area contributed by atoms with Gasteiger partial charge in [-0.25, -0.2) is 4.39 Å². The van der Waals surface area contributed by atoms with E-state index in [-0.39, 0.29) is 22.8 Å². The van der Waals surface area contributed by atoms with Crippen LogP contribution in [-0.4, -0.2) is 22.1 Å². The third-order valence-corrected chi connectivity index (χ3v) is 4.47. The van der Waals surface area contributed by atoms with Crippen molar-refractivity contribution < 1.29 is 9.13 Å². The average molecular weight is 337 g/mol. The van der Waals surface area contributed by atoms with Gasteiger partial charge in [-0.05, 0) is 31.5 Å². The number of nitrogens with one attached hydrogen (secondary N) is 1. The minimum atomic E-state index is -0.479. The van der Waals surface area contributed by atoms with E-state index in [1.54, 1.807) is 12.1 Å². The number of rotatable bonds is 3. The van der Waals surface area contributed by atoms with Gasteiger partial charge in [0.2, 0.25) is 11.5 Å². The van der Waals surface area contributed by atoms with E-state index in [0.29, 0.717) is 18.0 Å². The molecule has 2 heterocycles. The molecule has 0 atom stereocenters. The normalized spacial score (nSPS) is 15.6. The van der Waals surface area contributed by atoms with Gasteiger partial charge < -0.3 is 9.64 Å². The molecule has 7 heteroatoms. The number of likely N-dealkylation sites (N-methyl/N-ethyl adjacent to an activating group) is 1. The minimum Gasteiger partial charge on any atom is -0.473 e. The van der Waals surface area contributed by atoms with E-state index >= 15 is 0 Å². The van der Waals surface area contributed by atoms with E-state index in [1.165, 1.54) is 12.1 Å². The first-order valence-electron chi connectivity index (χ1n) is 7.25. The van der Waals surface area contributed by atoms with Crippen LogP contribution in [0.25, 0.3) is 0 Å². The van der Waals surface area contributed by atoms with Crippen molar-refractivity contribution in [1.29, 1.82) is 5.41 Å². The third-order valence-electron chi connectivity index (χ3n) is 4.17. The summed E-state index contributed by atoms with van der Waals surface area (Å²) in [6.45, 7) is 5.08. The standard InChI is InChI=1S/C16H18ClFN4O/c1-16(2)9-22-14(21(16)3)7-13(20-15(22)19)23-8-10-4-5-11(17)12(18)6-10/h4-7,19H,8-9H2,1-3H3. The van der Waals surface area contributed by atoms with Gasteiger partial charge in [0, 0.05) is 13.1 Å². The number of nitrogens with zero attached hydrogens (tertiary/aromatic N) is 3. The van der Waals surface area contributed by atoms with Gasteiger partial charge in [0.1, 0.15) is 18.2 Å². The molecule has 0 spiro atoms. The van der Waals surface area contributed by atoms with Crippen molar-refractivity contribution in [2.45, 2.75) is 32.5 Å². The summed E-state index contributed by atoms with van der Waals surface area (Å²) in [7, 11) is 1.98. The van der Waals surface area contributed by atoms with E-state index in [9.17, 15) is 4.39 Å². The second-order valence-electron chi connectivity index (χ2n) is 6.27. The lowest BCUT2D eigenvalue weighted by Gasteiger charge is -2.28. The fourth-order valence-corrected chi connectivity index (χ4v) is 2.71. The maximum absolute atomic E-state index is 13.4. The molecule has 2 aromatic rings. The largest absolute Gasteiger partial charge is 0.473 e. The summed E-state index contributed by atoms with van der Waals surface area (Å²) in [6.07, 6.45) is 0. The van der Waals surface area contributed by atoms with Gasteiger partial charge in [0.05, 0.1) is 17.1 Å². The van der Waals surface area contributed by atoms with E-state index in [2.05, 4.69) is 23.7 Å². The highest BCUT2D eigenvalue weighted by Gasteiger charge is 2.34. The van der Waals surface area contributed by atoms with E-state index in [1.807, 2.05) is 11.6 Å². The molecule has 1 aliphatic heterocycles. The van der Waals surface area contributed by atoms with Crippen LogP contribution in [0.5, 0.6) is 5.88 Å². The Morgan fingerprint density at radius 2 is 2.13 bits per heavy atom. The Labute approximate surface area is 138 Å². The van der Waals surface area contributed by atoms with Gasteiger partial charge in [-0.15, -0.1) is 0 Å². The summed E-state index contributed by atoms with van der Waals surface area (Å²) >= 11 is 5.66. The van der Waals surface area contributed by atoms with Crippen LogP contribution in [0, 0.1) is 11.2 Å². The molecular formula is C16H18ClFN4O. The van der Waals surface area contributed by atoms with Crippen LogP contribution in [0.3, 0.4) is 0 Å². The molecule has 0 saturated carbocycles. The molecule has 0 radical (unpaired) electrons. The molecular weight excluding hydrogens is 319 g/mol. The molecule has 0 fully saturated rings. The van der Waals surface area contributed by atoms with Crippen molar-refractivity contribution in [2.75, 3.05) is 11.9 Å². The number of anilines is 1. The Hall–Kier alpha value is -2.08. The van der Waals surface area contributed by atoms with Crippen molar-refractivity contribution in [1.82, 2.24) is 9.55 Å². The lowest BCUT2D eigenvalue weighted by atomic mass is 10.1. The maximum Gasteiger partial charge on any atom is 0.226 e. The first kappa shape index (κ1) is 15.8. The molecule has 0 bridgehead atoms. The maximum atomic E-state index is 13.4. The smallest absolute Gasteiger partial charge is 0.226 e. The Bertz CT molecular complexity index is 818.